The lowest BCUT2D eigenvalue weighted by molar-refractivity contribution is -0.384. The topological polar surface area (TPSA) is 88.6 Å². The van der Waals surface area contributed by atoms with Crippen LogP contribution in [0.1, 0.15) is 12.2 Å². The van der Waals surface area contributed by atoms with Crippen molar-refractivity contribution in [3.8, 4) is 11.3 Å². The minimum Gasteiger partial charge on any atom is -0.460 e. The van der Waals surface area contributed by atoms with Gasteiger partial charge in [-0.1, -0.05) is 0 Å². The smallest absolute Gasteiger partial charge is 0.270 e. The Labute approximate surface area is 147 Å². The van der Waals surface area contributed by atoms with Gasteiger partial charge in [0.1, 0.15) is 11.5 Å². The third-order valence-corrected chi connectivity index (χ3v) is 4.06. The van der Waals surface area contributed by atoms with E-state index >= 15 is 0 Å². The number of non-ortho nitro benzene ring substituents is 1. The van der Waals surface area contributed by atoms with Crippen molar-refractivity contribution >= 4 is 27.5 Å². The van der Waals surface area contributed by atoms with Crippen LogP contribution < -0.4 is 5.32 Å². The summed E-state index contributed by atoms with van der Waals surface area (Å²) in [7, 11) is 3.45. The molecule has 7 nitrogen and oxygen atoms in total. The zero-order valence-electron chi connectivity index (χ0n) is 13.4. The summed E-state index contributed by atoms with van der Waals surface area (Å²) in [6.45, 7) is 1.07. The Kier molecular flexibility index (Phi) is 6.10. The van der Waals surface area contributed by atoms with E-state index in [1.54, 1.807) is 25.1 Å². The third kappa shape index (κ3) is 4.65. The molecule has 128 valence electrons. The van der Waals surface area contributed by atoms with Crippen LogP contribution in [-0.4, -0.2) is 36.4 Å². The van der Waals surface area contributed by atoms with Gasteiger partial charge >= 0.3 is 0 Å². The number of nitro groups is 1. The van der Waals surface area contributed by atoms with Gasteiger partial charge in [0.25, 0.3) is 5.69 Å². The SMILES string of the molecule is CN(C)C(=O)CCNCc1ccc(-c2ccc([N+](=O)[O-])cc2Br)o1. The first-order valence-corrected chi connectivity index (χ1v) is 8.11. The van der Waals surface area contributed by atoms with Crippen LogP contribution in [0.3, 0.4) is 0 Å². The molecule has 0 unspecified atom stereocenters. The summed E-state index contributed by atoms with van der Waals surface area (Å²) in [6.07, 6.45) is 0.425. The Morgan fingerprint density at radius 1 is 1.33 bits per heavy atom. The van der Waals surface area contributed by atoms with Gasteiger partial charge in [-0.25, -0.2) is 0 Å². The molecule has 0 saturated heterocycles. The fraction of sp³-hybridized carbons (Fsp3) is 0.312. The first kappa shape index (κ1) is 18.2. The Bertz CT molecular complexity index is 743. The van der Waals surface area contributed by atoms with Crippen LogP contribution in [0.2, 0.25) is 0 Å². The van der Waals surface area contributed by atoms with Crippen molar-refractivity contribution in [2.24, 2.45) is 0 Å². The van der Waals surface area contributed by atoms with Crippen LogP contribution in [0.15, 0.2) is 39.2 Å². The number of furan rings is 1. The van der Waals surface area contributed by atoms with Crippen molar-refractivity contribution in [2.75, 3.05) is 20.6 Å². The summed E-state index contributed by atoms with van der Waals surface area (Å²) in [6, 6.07) is 8.18. The molecule has 1 heterocycles. The lowest BCUT2D eigenvalue weighted by atomic mass is 10.1. The molecule has 0 atom stereocenters. The molecule has 1 aromatic carbocycles. The van der Waals surface area contributed by atoms with Crippen molar-refractivity contribution < 1.29 is 14.1 Å². The number of carbonyl (C=O) groups excluding carboxylic acids is 1. The van der Waals surface area contributed by atoms with Crippen LogP contribution in [0.4, 0.5) is 5.69 Å². The van der Waals surface area contributed by atoms with Gasteiger partial charge in [0, 0.05) is 49.2 Å². The molecule has 0 aliphatic rings. The minimum atomic E-state index is -0.443. The molecule has 24 heavy (non-hydrogen) atoms. The van der Waals surface area contributed by atoms with Crippen molar-refractivity contribution in [3.63, 3.8) is 0 Å². The zero-order chi connectivity index (χ0) is 17.7. The van der Waals surface area contributed by atoms with Crippen LogP contribution in [-0.2, 0) is 11.3 Å². The number of nitrogens with one attached hydrogen (secondary N) is 1. The number of benzene rings is 1. The molecular formula is C16H18BrN3O4. The number of amides is 1. The summed E-state index contributed by atoms with van der Waals surface area (Å²) < 4.78 is 6.35. The zero-order valence-corrected chi connectivity index (χ0v) is 15.0. The molecule has 1 aromatic heterocycles. The quantitative estimate of drug-likeness (QED) is 0.441. The van der Waals surface area contributed by atoms with E-state index in [-0.39, 0.29) is 11.6 Å². The van der Waals surface area contributed by atoms with Gasteiger partial charge in [-0.2, -0.15) is 0 Å². The summed E-state index contributed by atoms with van der Waals surface area (Å²) in [5.74, 6) is 1.42. The van der Waals surface area contributed by atoms with Gasteiger partial charge in [-0.05, 0) is 34.1 Å². The van der Waals surface area contributed by atoms with E-state index in [0.717, 1.165) is 11.3 Å². The standard InChI is InChI=1S/C16H18BrN3O4/c1-19(2)16(21)7-8-18-10-12-4-6-15(24-12)13-5-3-11(20(22)23)9-14(13)17/h3-6,9,18H,7-8,10H2,1-2H3. The number of hydrogen-bond donors (Lipinski definition) is 1. The number of halogens is 1. The monoisotopic (exact) mass is 395 g/mol. The second-order valence-electron chi connectivity index (χ2n) is 5.40. The van der Waals surface area contributed by atoms with E-state index < -0.39 is 4.92 Å². The number of nitro benzene ring substituents is 1. The van der Waals surface area contributed by atoms with Crippen molar-refractivity contribution in [1.29, 1.82) is 0 Å². The molecule has 2 aromatic rings. The predicted molar refractivity (Wildman–Crippen MR) is 93.5 cm³/mol. The molecule has 0 bridgehead atoms. The Morgan fingerprint density at radius 3 is 2.71 bits per heavy atom. The second-order valence-corrected chi connectivity index (χ2v) is 6.26. The van der Waals surface area contributed by atoms with E-state index in [0.29, 0.717) is 29.7 Å². The van der Waals surface area contributed by atoms with Gasteiger partial charge in [0.05, 0.1) is 11.5 Å². The summed E-state index contributed by atoms with van der Waals surface area (Å²) in [5, 5.41) is 13.9. The molecule has 2 rings (SSSR count). The maximum atomic E-state index is 11.5. The summed E-state index contributed by atoms with van der Waals surface area (Å²) in [4.78, 5) is 23.3. The first-order valence-electron chi connectivity index (χ1n) is 7.32. The largest absolute Gasteiger partial charge is 0.460 e. The highest BCUT2D eigenvalue weighted by Crippen LogP contribution is 2.32. The molecule has 1 amide bonds. The first-order chi connectivity index (χ1) is 11.4. The Hall–Kier alpha value is -2.19. The molecule has 0 radical (unpaired) electrons. The van der Waals surface area contributed by atoms with Gasteiger partial charge < -0.3 is 14.6 Å². The lowest BCUT2D eigenvalue weighted by Gasteiger charge is -2.09. The van der Waals surface area contributed by atoms with Crippen LogP contribution in [0.5, 0.6) is 0 Å². The van der Waals surface area contributed by atoms with Gasteiger partial charge in [0.2, 0.25) is 5.91 Å². The van der Waals surface area contributed by atoms with Crippen molar-refractivity contribution in [1.82, 2.24) is 10.2 Å². The van der Waals surface area contributed by atoms with Crippen LogP contribution >= 0.6 is 15.9 Å². The molecule has 8 heteroatoms. The van der Waals surface area contributed by atoms with Crippen LogP contribution in [0.25, 0.3) is 11.3 Å². The normalized spacial score (nSPS) is 10.6. The highest BCUT2D eigenvalue weighted by molar-refractivity contribution is 9.10. The van der Waals surface area contributed by atoms with Crippen molar-refractivity contribution in [2.45, 2.75) is 13.0 Å². The molecule has 1 N–H and O–H groups in total. The highest BCUT2D eigenvalue weighted by atomic mass is 79.9. The van der Waals surface area contributed by atoms with Gasteiger partial charge in [-0.15, -0.1) is 0 Å². The fourth-order valence-corrected chi connectivity index (χ4v) is 2.63. The maximum Gasteiger partial charge on any atom is 0.270 e. The predicted octanol–water partition coefficient (Wildman–Crippen LogP) is 3.19. The Balaban J connectivity index is 1.96. The third-order valence-electron chi connectivity index (χ3n) is 3.40. The molecular weight excluding hydrogens is 378 g/mol. The number of hydrogen-bond acceptors (Lipinski definition) is 5. The molecule has 0 fully saturated rings. The van der Waals surface area contributed by atoms with E-state index in [4.69, 9.17) is 4.42 Å². The van der Waals surface area contributed by atoms with E-state index in [2.05, 4.69) is 21.2 Å². The minimum absolute atomic E-state index is 0.0182. The fourth-order valence-electron chi connectivity index (χ4n) is 2.07. The van der Waals surface area contributed by atoms with E-state index in [1.807, 2.05) is 12.1 Å². The van der Waals surface area contributed by atoms with Gasteiger partial charge in [0.15, 0.2) is 0 Å². The van der Waals surface area contributed by atoms with Crippen LogP contribution in [0, 0.1) is 10.1 Å². The highest BCUT2D eigenvalue weighted by Gasteiger charge is 2.13. The molecule has 0 spiro atoms. The van der Waals surface area contributed by atoms with Gasteiger partial charge in [-0.3, -0.25) is 14.9 Å². The van der Waals surface area contributed by atoms with E-state index in [1.165, 1.54) is 12.1 Å². The summed E-state index contributed by atoms with van der Waals surface area (Å²) >= 11 is 3.33. The Morgan fingerprint density at radius 2 is 2.08 bits per heavy atom. The number of carbonyl (C=O) groups is 1. The molecule has 0 aliphatic carbocycles. The second kappa shape index (κ2) is 8.07. The summed E-state index contributed by atoms with van der Waals surface area (Å²) in [5.41, 5.74) is 0.763. The molecule has 0 aliphatic heterocycles. The lowest BCUT2D eigenvalue weighted by Crippen LogP contribution is -2.26. The maximum absolute atomic E-state index is 11.5. The number of nitrogens with zero attached hydrogens (tertiary/aromatic N) is 2. The number of rotatable bonds is 7. The van der Waals surface area contributed by atoms with E-state index in [9.17, 15) is 14.9 Å². The van der Waals surface area contributed by atoms with Crippen molar-refractivity contribution in [3.05, 3.63) is 50.7 Å². The average Bonchev–Trinajstić information content (AvgIpc) is 2.99. The average molecular weight is 396 g/mol. The molecule has 0 saturated carbocycles.